The van der Waals surface area contributed by atoms with E-state index in [0.717, 1.165) is 5.56 Å². The summed E-state index contributed by atoms with van der Waals surface area (Å²) in [7, 11) is 0. The molecule has 0 amide bonds. The van der Waals surface area contributed by atoms with Crippen molar-refractivity contribution in [2.24, 2.45) is 0 Å². The molecule has 0 bridgehead atoms. The molecule has 0 saturated carbocycles. The van der Waals surface area contributed by atoms with Crippen LogP contribution < -0.4 is 0 Å². The van der Waals surface area contributed by atoms with Crippen LogP contribution in [0.15, 0.2) is 24.3 Å². The largest absolute Gasteiger partial charge is 0.232 e. The van der Waals surface area contributed by atoms with E-state index in [1.807, 2.05) is 19.9 Å². The Morgan fingerprint density at radius 3 is 2.33 bits per heavy atom. The lowest BCUT2D eigenvalue weighted by molar-refractivity contribution is 0.776. The summed E-state index contributed by atoms with van der Waals surface area (Å²) in [6.45, 7) is 4.03. The second-order valence-corrected chi connectivity index (χ2v) is 5.44. The first kappa shape index (κ1) is 13.6. The Labute approximate surface area is 121 Å². The number of rotatable bonds is 2. The van der Waals surface area contributed by atoms with E-state index in [1.54, 1.807) is 18.2 Å². The maximum Gasteiger partial charge on any atom is 0.133 e. The van der Waals surface area contributed by atoms with Crippen molar-refractivity contribution in [2.45, 2.75) is 19.8 Å². The van der Waals surface area contributed by atoms with Gasteiger partial charge < -0.3 is 0 Å². The molecule has 2 aromatic rings. The van der Waals surface area contributed by atoms with Crippen LogP contribution in [-0.2, 0) is 0 Å². The fourth-order valence-electron chi connectivity index (χ4n) is 1.53. The smallest absolute Gasteiger partial charge is 0.133 e. The normalized spacial score (nSPS) is 11.0. The molecule has 0 fully saturated rings. The van der Waals surface area contributed by atoms with Crippen molar-refractivity contribution in [1.29, 1.82) is 0 Å². The Morgan fingerprint density at radius 2 is 1.72 bits per heavy atom. The second-order valence-electron chi connectivity index (χ2n) is 4.21. The minimum atomic E-state index is 0.202. The molecule has 0 radical (unpaired) electrons. The summed E-state index contributed by atoms with van der Waals surface area (Å²) in [5, 5.41) is 1.55. The Bertz CT molecular complexity index is 582. The van der Waals surface area contributed by atoms with E-state index in [9.17, 15) is 0 Å². The van der Waals surface area contributed by atoms with Crippen molar-refractivity contribution in [3.8, 4) is 11.3 Å². The van der Waals surface area contributed by atoms with Gasteiger partial charge in [0.1, 0.15) is 11.0 Å². The zero-order valence-corrected chi connectivity index (χ0v) is 12.2. The molecular formula is C13H11Cl3N2. The molecule has 0 spiro atoms. The Morgan fingerprint density at radius 1 is 1.00 bits per heavy atom. The van der Waals surface area contributed by atoms with E-state index >= 15 is 0 Å². The van der Waals surface area contributed by atoms with Crippen LogP contribution >= 0.6 is 34.8 Å². The molecule has 1 aromatic heterocycles. The highest BCUT2D eigenvalue weighted by molar-refractivity contribution is 6.36. The third-order valence-electron chi connectivity index (χ3n) is 2.44. The first-order valence-corrected chi connectivity index (χ1v) is 6.60. The zero-order valence-electron chi connectivity index (χ0n) is 9.92. The van der Waals surface area contributed by atoms with Gasteiger partial charge in [-0.25, -0.2) is 9.97 Å². The molecule has 0 unspecified atom stereocenters. The van der Waals surface area contributed by atoms with E-state index in [1.165, 1.54) is 0 Å². The molecule has 1 heterocycles. The van der Waals surface area contributed by atoms with E-state index in [-0.39, 0.29) is 5.92 Å². The van der Waals surface area contributed by atoms with Gasteiger partial charge >= 0.3 is 0 Å². The molecule has 2 nitrogen and oxygen atoms in total. The standard InChI is InChI=1S/C13H11Cl3N2/c1-7(2)13-17-11(6-12(16)18-13)9-4-3-8(14)5-10(9)15/h3-7H,1-2H3. The van der Waals surface area contributed by atoms with Gasteiger partial charge in [-0.1, -0.05) is 48.7 Å². The minimum Gasteiger partial charge on any atom is -0.232 e. The second kappa shape index (κ2) is 5.43. The average Bonchev–Trinajstić information content (AvgIpc) is 2.27. The van der Waals surface area contributed by atoms with Gasteiger partial charge in [-0.3, -0.25) is 0 Å². The molecule has 5 heteroatoms. The van der Waals surface area contributed by atoms with Crippen LogP contribution in [0.5, 0.6) is 0 Å². The van der Waals surface area contributed by atoms with Gasteiger partial charge in [-0.15, -0.1) is 0 Å². The van der Waals surface area contributed by atoms with Crippen molar-refractivity contribution in [1.82, 2.24) is 9.97 Å². The predicted octanol–water partition coefficient (Wildman–Crippen LogP) is 5.23. The summed E-state index contributed by atoms with van der Waals surface area (Å²) in [6.07, 6.45) is 0. The van der Waals surface area contributed by atoms with Crippen LogP contribution in [0, 0.1) is 0 Å². The third-order valence-corrected chi connectivity index (χ3v) is 3.18. The lowest BCUT2D eigenvalue weighted by Crippen LogP contribution is -1.99. The van der Waals surface area contributed by atoms with Gasteiger partial charge in [0.2, 0.25) is 0 Å². The van der Waals surface area contributed by atoms with Crippen molar-refractivity contribution in [2.75, 3.05) is 0 Å². The topological polar surface area (TPSA) is 25.8 Å². The van der Waals surface area contributed by atoms with Crippen molar-refractivity contribution in [3.63, 3.8) is 0 Å². The molecular weight excluding hydrogens is 291 g/mol. The van der Waals surface area contributed by atoms with Crippen molar-refractivity contribution in [3.05, 3.63) is 45.3 Å². The summed E-state index contributed by atoms with van der Waals surface area (Å²) in [5.74, 6) is 0.900. The fourth-order valence-corrected chi connectivity index (χ4v) is 2.22. The average molecular weight is 302 g/mol. The van der Waals surface area contributed by atoms with Crippen LogP contribution in [0.2, 0.25) is 15.2 Å². The Kier molecular flexibility index (Phi) is 4.10. The van der Waals surface area contributed by atoms with Gasteiger partial charge in [0, 0.05) is 22.6 Å². The summed E-state index contributed by atoms with van der Waals surface area (Å²) in [5.41, 5.74) is 1.51. The van der Waals surface area contributed by atoms with Crippen LogP contribution in [0.1, 0.15) is 25.6 Å². The summed E-state index contributed by atoms with van der Waals surface area (Å²) >= 11 is 18.0. The molecule has 0 aliphatic heterocycles. The fraction of sp³-hybridized carbons (Fsp3) is 0.231. The quantitative estimate of drug-likeness (QED) is 0.710. The Hall–Kier alpha value is -0.830. The number of hydrogen-bond acceptors (Lipinski definition) is 2. The number of benzene rings is 1. The molecule has 0 saturated heterocycles. The summed E-state index contributed by atoms with van der Waals surface area (Å²) in [6, 6.07) is 6.98. The molecule has 0 aliphatic carbocycles. The lowest BCUT2D eigenvalue weighted by Gasteiger charge is -2.09. The first-order valence-electron chi connectivity index (χ1n) is 5.47. The summed E-state index contributed by atoms with van der Waals surface area (Å²) < 4.78 is 0. The first-order chi connectivity index (χ1) is 8.47. The zero-order chi connectivity index (χ0) is 13.3. The SMILES string of the molecule is CC(C)c1nc(Cl)cc(-c2ccc(Cl)cc2Cl)n1. The number of aromatic nitrogens is 2. The number of halogens is 3. The van der Waals surface area contributed by atoms with Gasteiger partial charge in [0.15, 0.2) is 0 Å². The molecule has 18 heavy (non-hydrogen) atoms. The van der Waals surface area contributed by atoms with Gasteiger partial charge in [-0.2, -0.15) is 0 Å². The van der Waals surface area contributed by atoms with E-state index in [4.69, 9.17) is 34.8 Å². The van der Waals surface area contributed by atoms with Crippen LogP contribution in [0.25, 0.3) is 11.3 Å². The van der Waals surface area contributed by atoms with Crippen molar-refractivity contribution >= 4 is 34.8 Å². The van der Waals surface area contributed by atoms with Gasteiger partial charge in [0.05, 0.1) is 10.7 Å². The molecule has 0 atom stereocenters. The number of hydrogen-bond donors (Lipinski definition) is 0. The van der Waals surface area contributed by atoms with E-state index < -0.39 is 0 Å². The highest BCUT2D eigenvalue weighted by atomic mass is 35.5. The molecule has 0 N–H and O–H groups in total. The maximum atomic E-state index is 6.16. The monoisotopic (exact) mass is 300 g/mol. The third kappa shape index (κ3) is 2.94. The van der Waals surface area contributed by atoms with Crippen LogP contribution in [-0.4, -0.2) is 9.97 Å². The molecule has 94 valence electrons. The molecule has 2 rings (SSSR count). The lowest BCUT2D eigenvalue weighted by atomic mass is 10.1. The van der Waals surface area contributed by atoms with Gasteiger partial charge in [-0.05, 0) is 18.2 Å². The highest BCUT2D eigenvalue weighted by Crippen LogP contribution is 2.30. The number of nitrogens with zero attached hydrogens (tertiary/aromatic N) is 2. The van der Waals surface area contributed by atoms with E-state index in [2.05, 4.69) is 9.97 Å². The summed E-state index contributed by atoms with van der Waals surface area (Å²) in [4.78, 5) is 8.66. The van der Waals surface area contributed by atoms with Crippen LogP contribution in [0.4, 0.5) is 0 Å². The van der Waals surface area contributed by atoms with Gasteiger partial charge in [0.25, 0.3) is 0 Å². The van der Waals surface area contributed by atoms with Crippen molar-refractivity contribution < 1.29 is 0 Å². The molecule has 0 aliphatic rings. The Balaban J connectivity index is 2.56. The maximum absolute atomic E-state index is 6.16. The predicted molar refractivity (Wildman–Crippen MR) is 76.6 cm³/mol. The van der Waals surface area contributed by atoms with E-state index in [0.29, 0.717) is 26.7 Å². The molecule has 1 aromatic carbocycles. The highest BCUT2D eigenvalue weighted by Gasteiger charge is 2.11. The minimum absolute atomic E-state index is 0.202. The van der Waals surface area contributed by atoms with Crippen LogP contribution in [0.3, 0.4) is 0 Å².